The van der Waals surface area contributed by atoms with Gasteiger partial charge in [-0.15, -0.1) is 0 Å². The van der Waals surface area contributed by atoms with Crippen molar-refractivity contribution in [3.05, 3.63) is 40.9 Å². The summed E-state index contributed by atoms with van der Waals surface area (Å²) < 4.78 is 11.2. The van der Waals surface area contributed by atoms with Crippen LogP contribution in [0.5, 0.6) is 5.75 Å². The second-order valence-electron chi connectivity index (χ2n) is 7.69. The normalized spacial score (nSPS) is 16.8. The van der Waals surface area contributed by atoms with Crippen molar-refractivity contribution >= 4 is 11.8 Å². The molecular weight excluding hydrogens is 382 g/mol. The van der Waals surface area contributed by atoms with Crippen LogP contribution in [0, 0.1) is 18.3 Å². The molecule has 0 spiro atoms. The molecule has 8 nitrogen and oxygen atoms in total. The predicted molar refractivity (Wildman–Crippen MR) is 111 cm³/mol. The van der Waals surface area contributed by atoms with Gasteiger partial charge in [0.25, 0.3) is 0 Å². The zero-order valence-corrected chi connectivity index (χ0v) is 17.6. The molecule has 30 heavy (non-hydrogen) atoms. The summed E-state index contributed by atoms with van der Waals surface area (Å²) >= 11 is 0. The summed E-state index contributed by atoms with van der Waals surface area (Å²) in [7, 11) is 0. The Bertz CT molecular complexity index is 956. The number of benzene rings is 1. The second kappa shape index (κ2) is 8.76. The Morgan fingerprint density at radius 3 is 2.77 bits per heavy atom. The first-order chi connectivity index (χ1) is 14.6. The number of hydrogen-bond donors (Lipinski definition) is 0. The van der Waals surface area contributed by atoms with Crippen molar-refractivity contribution in [3.8, 4) is 11.8 Å². The van der Waals surface area contributed by atoms with E-state index in [1.54, 1.807) is 6.92 Å². The van der Waals surface area contributed by atoms with Gasteiger partial charge in [-0.25, -0.2) is 4.98 Å². The first-order valence-corrected chi connectivity index (χ1v) is 10.4. The third-order valence-corrected chi connectivity index (χ3v) is 5.68. The van der Waals surface area contributed by atoms with Gasteiger partial charge in [-0.2, -0.15) is 5.26 Å². The highest BCUT2D eigenvalue weighted by Gasteiger charge is 2.27. The molecule has 1 saturated heterocycles. The highest BCUT2D eigenvalue weighted by atomic mass is 16.5. The lowest BCUT2D eigenvalue weighted by molar-refractivity contribution is -0.133. The number of hydrogen-bond acceptors (Lipinski definition) is 7. The summed E-state index contributed by atoms with van der Waals surface area (Å²) in [5, 5.41) is 9.22. The molecule has 0 radical (unpaired) electrons. The van der Waals surface area contributed by atoms with Gasteiger partial charge in [0.2, 0.25) is 17.5 Å². The molecule has 8 heteroatoms. The summed E-state index contributed by atoms with van der Waals surface area (Å²) in [6.45, 7) is 8.93. The molecule has 1 aromatic carbocycles. The van der Waals surface area contributed by atoms with Gasteiger partial charge in [0.1, 0.15) is 11.8 Å². The van der Waals surface area contributed by atoms with Crippen LogP contribution in [0.25, 0.3) is 0 Å². The van der Waals surface area contributed by atoms with Crippen LogP contribution in [0.1, 0.15) is 29.6 Å². The number of rotatable bonds is 5. The maximum Gasteiger partial charge on any atom is 0.236 e. The average Bonchev–Trinajstić information content (AvgIpc) is 3.14. The molecular formula is C22H27N5O3. The number of nitriles is 1. The van der Waals surface area contributed by atoms with Gasteiger partial charge < -0.3 is 19.0 Å². The van der Waals surface area contributed by atoms with Crippen LogP contribution in [0.2, 0.25) is 0 Å². The van der Waals surface area contributed by atoms with Gasteiger partial charge in [-0.05, 0) is 36.6 Å². The average molecular weight is 409 g/mol. The van der Waals surface area contributed by atoms with Crippen LogP contribution in [-0.4, -0.2) is 66.6 Å². The summed E-state index contributed by atoms with van der Waals surface area (Å²) in [6, 6.07) is 8.34. The molecule has 4 rings (SSSR count). The van der Waals surface area contributed by atoms with Gasteiger partial charge >= 0.3 is 0 Å². The van der Waals surface area contributed by atoms with E-state index in [-0.39, 0.29) is 5.91 Å². The fourth-order valence-corrected chi connectivity index (χ4v) is 4.14. The van der Waals surface area contributed by atoms with E-state index in [9.17, 15) is 10.1 Å². The van der Waals surface area contributed by atoms with E-state index in [2.05, 4.69) is 28.1 Å². The second-order valence-corrected chi connectivity index (χ2v) is 7.69. The molecule has 2 aliphatic heterocycles. The molecule has 1 aromatic heterocycles. The van der Waals surface area contributed by atoms with E-state index in [4.69, 9.17) is 9.15 Å². The summed E-state index contributed by atoms with van der Waals surface area (Å²) in [5.41, 5.74) is 2.90. The van der Waals surface area contributed by atoms with Crippen molar-refractivity contribution in [1.82, 2.24) is 14.8 Å². The molecule has 0 N–H and O–H groups in total. The largest absolute Gasteiger partial charge is 0.494 e. The van der Waals surface area contributed by atoms with Crippen LogP contribution in [0.15, 0.2) is 22.6 Å². The first kappa shape index (κ1) is 20.2. The van der Waals surface area contributed by atoms with Crippen molar-refractivity contribution in [2.24, 2.45) is 0 Å². The van der Waals surface area contributed by atoms with E-state index < -0.39 is 0 Å². The summed E-state index contributed by atoms with van der Waals surface area (Å²) in [4.78, 5) is 23.1. The number of fused-ring (bicyclic) bond motifs is 1. The first-order valence-electron chi connectivity index (χ1n) is 10.4. The van der Waals surface area contributed by atoms with Crippen LogP contribution < -0.4 is 9.64 Å². The number of nitrogens with zero attached hydrogens (tertiary/aromatic N) is 5. The lowest BCUT2D eigenvalue weighted by atomic mass is 9.99. The molecule has 1 fully saturated rings. The van der Waals surface area contributed by atoms with Gasteiger partial charge in [-0.3, -0.25) is 9.69 Å². The molecule has 0 atom stereocenters. The number of piperazine rings is 1. The fourth-order valence-electron chi connectivity index (χ4n) is 4.14. The topological polar surface area (TPSA) is 85.8 Å². The van der Waals surface area contributed by atoms with Gasteiger partial charge in [0.05, 0.1) is 13.2 Å². The minimum atomic E-state index is 0.147. The number of anilines is 1. The number of carbonyl (C=O) groups excluding carboxylic acids is 1. The Kier molecular flexibility index (Phi) is 5.91. The minimum Gasteiger partial charge on any atom is -0.494 e. The molecule has 0 unspecified atom stereocenters. The number of carbonyl (C=O) groups is 1. The molecule has 3 heterocycles. The number of ether oxygens (including phenoxy) is 1. The Morgan fingerprint density at radius 2 is 2.03 bits per heavy atom. The number of aromatic nitrogens is 1. The Hall–Kier alpha value is -3.05. The maximum atomic E-state index is 12.9. The van der Waals surface area contributed by atoms with Crippen molar-refractivity contribution in [1.29, 1.82) is 5.26 Å². The summed E-state index contributed by atoms with van der Waals surface area (Å²) in [5.74, 6) is 2.03. The highest BCUT2D eigenvalue weighted by Crippen LogP contribution is 2.25. The fraction of sp³-hybridized carbons (Fsp3) is 0.500. The third kappa shape index (κ3) is 4.26. The lowest BCUT2D eigenvalue weighted by Crippen LogP contribution is -2.51. The lowest BCUT2D eigenvalue weighted by Gasteiger charge is -2.36. The van der Waals surface area contributed by atoms with E-state index >= 15 is 0 Å². The quantitative estimate of drug-likeness (QED) is 0.746. The van der Waals surface area contributed by atoms with Crippen LogP contribution in [0.4, 0.5) is 5.88 Å². The minimum absolute atomic E-state index is 0.147. The number of oxazole rings is 1. The highest BCUT2D eigenvalue weighted by molar-refractivity contribution is 5.78. The standard InChI is InChI=1S/C22H27N5O3/c1-3-29-19-5-4-17-6-7-25(14-18(17)12-19)15-21(28)26-8-10-27(11-9-26)22-20(13-23)24-16(2)30-22/h4-5,12H,3,6-11,14-15H2,1-2H3. The maximum absolute atomic E-state index is 12.9. The van der Waals surface area contributed by atoms with E-state index in [1.807, 2.05) is 22.8 Å². The van der Waals surface area contributed by atoms with E-state index in [0.717, 1.165) is 25.3 Å². The van der Waals surface area contributed by atoms with Crippen LogP contribution in [-0.2, 0) is 17.8 Å². The Labute approximate surface area is 176 Å². The SMILES string of the molecule is CCOc1ccc2c(c1)CN(CC(=O)N1CCN(c3oc(C)nc3C#N)CC1)CC2. The zero-order chi connectivity index (χ0) is 21.1. The Balaban J connectivity index is 1.32. The van der Waals surface area contributed by atoms with Gasteiger partial charge in [-0.1, -0.05) is 6.07 Å². The predicted octanol–water partition coefficient (Wildman–Crippen LogP) is 1.96. The molecule has 0 bridgehead atoms. The van der Waals surface area contributed by atoms with Crippen molar-refractivity contribution < 1.29 is 13.9 Å². The van der Waals surface area contributed by atoms with Gasteiger partial charge in [0.15, 0.2) is 5.89 Å². The van der Waals surface area contributed by atoms with Crippen molar-refractivity contribution in [3.63, 3.8) is 0 Å². The van der Waals surface area contributed by atoms with Crippen LogP contribution >= 0.6 is 0 Å². The van der Waals surface area contributed by atoms with E-state index in [1.165, 1.54) is 11.1 Å². The van der Waals surface area contributed by atoms with Crippen molar-refractivity contribution in [2.45, 2.75) is 26.8 Å². The summed E-state index contributed by atoms with van der Waals surface area (Å²) in [6.07, 6.45) is 0.949. The smallest absolute Gasteiger partial charge is 0.236 e. The number of amides is 1. The number of aryl methyl sites for hydroxylation is 1. The zero-order valence-electron chi connectivity index (χ0n) is 17.6. The monoisotopic (exact) mass is 409 g/mol. The molecule has 1 amide bonds. The van der Waals surface area contributed by atoms with Gasteiger partial charge in [0, 0.05) is 46.2 Å². The molecule has 2 aliphatic rings. The molecule has 158 valence electrons. The third-order valence-electron chi connectivity index (χ3n) is 5.68. The van der Waals surface area contributed by atoms with Crippen LogP contribution in [0.3, 0.4) is 0 Å². The Morgan fingerprint density at radius 1 is 1.23 bits per heavy atom. The molecule has 0 aliphatic carbocycles. The molecule has 0 saturated carbocycles. The molecule has 2 aromatic rings. The van der Waals surface area contributed by atoms with E-state index in [0.29, 0.717) is 56.8 Å². The van der Waals surface area contributed by atoms with Crippen molar-refractivity contribution in [2.75, 3.05) is 50.8 Å².